The normalized spacial score (nSPS) is 11.9. The molecule has 0 amide bonds. The smallest absolute Gasteiger partial charge is 0.131 e. The summed E-state index contributed by atoms with van der Waals surface area (Å²) < 4.78 is 10.9. The van der Waals surface area contributed by atoms with Crippen molar-refractivity contribution in [1.82, 2.24) is 0 Å². The van der Waals surface area contributed by atoms with Crippen LogP contribution >= 0.6 is 0 Å². The summed E-state index contributed by atoms with van der Waals surface area (Å²) in [6, 6.07) is 15.3. The Labute approximate surface area is 107 Å². The van der Waals surface area contributed by atoms with Gasteiger partial charge in [0.25, 0.3) is 0 Å². The summed E-state index contributed by atoms with van der Waals surface area (Å²) in [4.78, 5) is 0. The molecule has 0 unspecified atom stereocenters. The van der Waals surface area contributed by atoms with Gasteiger partial charge in [-0.3, -0.25) is 0 Å². The topological polar surface area (TPSA) is 44.5 Å². The monoisotopic (exact) mass is 243 g/mol. The third-order valence-corrected chi connectivity index (χ3v) is 2.68. The van der Waals surface area contributed by atoms with Gasteiger partial charge in [-0.1, -0.05) is 18.2 Å². The molecular weight excluding hydrogens is 226 g/mol. The van der Waals surface area contributed by atoms with E-state index in [4.69, 9.17) is 15.2 Å². The predicted octanol–water partition coefficient (Wildman–Crippen LogP) is 3.51. The second kappa shape index (κ2) is 5.56. The SMILES string of the molecule is COc1cccc(Oc2ccc([C@H](C)N)cc2)c1. The zero-order chi connectivity index (χ0) is 13.0. The fraction of sp³-hybridized carbons (Fsp3) is 0.200. The standard InChI is InChI=1S/C15H17NO2/c1-11(16)12-6-8-13(9-7-12)18-15-5-3-4-14(10-15)17-2/h3-11H,16H2,1-2H3/t11-/m0/s1. The molecule has 0 fully saturated rings. The Morgan fingerprint density at radius 1 is 0.944 bits per heavy atom. The first-order valence-corrected chi connectivity index (χ1v) is 5.86. The lowest BCUT2D eigenvalue weighted by Crippen LogP contribution is -2.04. The lowest BCUT2D eigenvalue weighted by molar-refractivity contribution is 0.409. The molecule has 0 bridgehead atoms. The molecule has 94 valence electrons. The van der Waals surface area contributed by atoms with Gasteiger partial charge >= 0.3 is 0 Å². The summed E-state index contributed by atoms with van der Waals surface area (Å²) in [7, 11) is 1.64. The third-order valence-electron chi connectivity index (χ3n) is 2.68. The van der Waals surface area contributed by atoms with Crippen molar-refractivity contribution in [2.45, 2.75) is 13.0 Å². The minimum atomic E-state index is 0.0378. The Hall–Kier alpha value is -2.00. The van der Waals surface area contributed by atoms with Gasteiger partial charge in [-0.15, -0.1) is 0 Å². The molecule has 18 heavy (non-hydrogen) atoms. The molecule has 2 N–H and O–H groups in total. The van der Waals surface area contributed by atoms with E-state index >= 15 is 0 Å². The number of hydrogen-bond acceptors (Lipinski definition) is 3. The van der Waals surface area contributed by atoms with E-state index < -0.39 is 0 Å². The van der Waals surface area contributed by atoms with E-state index in [9.17, 15) is 0 Å². The fourth-order valence-electron chi connectivity index (χ4n) is 1.64. The van der Waals surface area contributed by atoms with Crippen LogP contribution < -0.4 is 15.2 Å². The first-order valence-electron chi connectivity index (χ1n) is 5.86. The maximum atomic E-state index is 5.80. The Morgan fingerprint density at radius 2 is 1.61 bits per heavy atom. The van der Waals surface area contributed by atoms with E-state index in [0.717, 1.165) is 22.8 Å². The molecule has 3 nitrogen and oxygen atoms in total. The summed E-state index contributed by atoms with van der Waals surface area (Å²) in [5, 5.41) is 0. The van der Waals surface area contributed by atoms with Gasteiger partial charge in [0, 0.05) is 12.1 Å². The molecule has 0 spiro atoms. The fourth-order valence-corrected chi connectivity index (χ4v) is 1.64. The maximum absolute atomic E-state index is 5.80. The number of nitrogens with two attached hydrogens (primary N) is 1. The summed E-state index contributed by atoms with van der Waals surface area (Å²) in [6.07, 6.45) is 0. The molecule has 0 aromatic heterocycles. The van der Waals surface area contributed by atoms with Crippen molar-refractivity contribution in [1.29, 1.82) is 0 Å². The largest absolute Gasteiger partial charge is 0.497 e. The molecule has 0 aliphatic rings. The minimum Gasteiger partial charge on any atom is -0.497 e. The van der Waals surface area contributed by atoms with Crippen molar-refractivity contribution in [2.75, 3.05) is 7.11 Å². The van der Waals surface area contributed by atoms with E-state index in [1.165, 1.54) is 0 Å². The van der Waals surface area contributed by atoms with Crippen LogP contribution in [-0.2, 0) is 0 Å². The van der Waals surface area contributed by atoms with E-state index in [-0.39, 0.29) is 6.04 Å². The van der Waals surface area contributed by atoms with Crippen LogP contribution in [0.3, 0.4) is 0 Å². The zero-order valence-electron chi connectivity index (χ0n) is 10.6. The third kappa shape index (κ3) is 3.02. The number of benzene rings is 2. The molecule has 2 aromatic carbocycles. The zero-order valence-corrected chi connectivity index (χ0v) is 10.6. The van der Waals surface area contributed by atoms with Crippen molar-refractivity contribution in [2.24, 2.45) is 5.73 Å². The lowest BCUT2D eigenvalue weighted by atomic mass is 10.1. The van der Waals surface area contributed by atoms with E-state index in [1.807, 2.05) is 55.5 Å². The van der Waals surface area contributed by atoms with E-state index in [0.29, 0.717) is 0 Å². The highest BCUT2D eigenvalue weighted by atomic mass is 16.5. The Kier molecular flexibility index (Phi) is 3.85. The molecule has 1 atom stereocenters. The average molecular weight is 243 g/mol. The Balaban J connectivity index is 2.13. The van der Waals surface area contributed by atoms with Gasteiger partial charge in [0.15, 0.2) is 0 Å². The van der Waals surface area contributed by atoms with Crippen molar-refractivity contribution in [3.8, 4) is 17.2 Å². The van der Waals surface area contributed by atoms with Gasteiger partial charge in [0.2, 0.25) is 0 Å². The predicted molar refractivity (Wildman–Crippen MR) is 72.1 cm³/mol. The van der Waals surface area contributed by atoms with Crippen molar-refractivity contribution in [3.63, 3.8) is 0 Å². The highest BCUT2D eigenvalue weighted by Crippen LogP contribution is 2.25. The first-order chi connectivity index (χ1) is 8.69. The van der Waals surface area contributed by atoms with Gasteiger partial charge in [-0.25, -0.2) is 0 Å². The number of ether oxygens (including phenoxy) is 2. The molecule has 0 aliphatic heterocycles. The number of methoxy groups -OCH3 is 1. The average Bonchev–Trinajstić information content (AvgIpc) is 2.39. The molecule has 2 aromatic rings. The van der Waals surface area contributed by atoms with Gasteiger partial charge in [-0.2, -0.15) is 0 Å². The summed E-state index contributed by atoms with van der Waals surface area (Å²) >= 11 is 0. The highest BCUT2D eigenvalue weighted by Gasteiger charge is 2.01. The molecule has 3 heteroatoms. The molecule has 0 radical (unpaired) electrons. The van der Waals surface area contributed by atoms with Crippen molar-refractivity contribution in [3.05, 3.63) is 54.1 Å². The summed E-state index contributed by atoms with van der Waals surface area (Å²) in [5.74, 6) is 2.32. The number of rotatable bonds is 4. The van der Waals surface area contributed by atoms with Crippen LogP contribution in [0, 0.1) is 0 Å². The van der Waals surface area contributed by atoms with Crippen LogP contribution in [0.15, 0.2) is 48.5 Å². The van der Waals surface area contributed by atoms with E-state index in [2.05, 4.69) is 0 Å². The van der Waals surface area contributed by atoms with Gasteiger partial charge in [0.05, 0.1) is 7.11 Å². The molecule has 0 aliphatic carbocycles. The quantitative estimate of drug-likeness (QED) is 0.893. The van der Waals surface area contributed by atoms with Gasteiger partial charge in [0.1, 0.15) is 17.2 Å². The van der Waals surface area contributed by atoms with Crippen LogP contribution in [0.25, 0.3) is 0 Å². The molecule has 0 saturated carbocycles. The van der Waals surface area contributed by atoms with Crippen LogP contribution in [0.2, 0.25) is 0 Å². The van der Waals surface area contributed by atoms with Crippen LogP contribution in [-0.4, -0.2) is 7.11 Å². The molecular formula is C15H17NO2. The molecule has 0 saturated heterocycles. The summed E-state index contributed by atoms with van der Waals surface area (Å²) in [6.45, 7) is 1.96. The second-order valence-electron chi connectivity index (χ2n) is 4.14. The first kappa shape index (κ1) is 12.5. The maximum Gasteiger partial charge on any atom is 0.131 e. The van der Waals surface area contributed by atoms with Crippen LogP contribution in [0.4, 0.5) is 0 Å². The minimum absolute atomic E-state index is 0.0378. The highest BCUT2D eigenvalue weighted by molar-refractivity contribution is 5.37. The second-order valence-corrected chi connectivity index (χ2v) is 4.14. The van der Waals surface area contributed by atoms with Crippen molar-refractivity contribution < 1.29 is 9.47 Å². The van der Waals surface area contributed by atoms with Gasteiger partial charge in [-0.05, 0) is 36.8 Å². The lowest BCUT2D eigenvalue weighted by Gasteiger charge is -2.09. The van der Waals surface area contributed by atoms with Crippen LogP contribution in [0.1, 0.15) is 18.5 Å². The molecule has 2 rings (SSSR count). The van der Waals surface area contributed by atoms with Gasteiger partial charge < -0.3 is 15.2 Å². The Bertz CT molecular complexity index is 506. The van der Waals surface area contributed by atoms with E-state index in [1.54, 1.807) is 7.11 Å². The van der Waals surface area contributed by atoms with Crippen LogP contribution in [0.5, 0.6) is 17.2 Å². The Morgan fingerprint density at radius 3 is 2.22 bits per heavy atom. The molecule has 0 heterocycles. The number of hydrogen-bond donors (Lipinski definition) is 1. The summed E-state index contributed by atoms with van der Waals surface area (Å²) in [5.41, 5.74) is 6.89. The van der Waals surface area contributed by atoms with Crippen molar-refractivity contribution >= 4 is 0 Å².